The van der Waals surface area contributed by atoms with Crippen molar-refractivity contribution in [3.05, 3.63) is 84.4 Å². The average Bonchev–Trinajstić information content (AvgIpc) is 2.93. The zero-order valence-corrected chi connectivity index (χ0v) is 21.7. The van der Waals surface area contributed by atoms with Gasteiger partial charge in [-0.15, -0.1) is 0 Å². The predicted molar refractivity (Wildman–Crippen MR) is 148 cm³/mol. The molecule has 196 valence electrons. The number of rotatable bonds is 8. The summed E-state index contributed by atoms with van der Waals surface area (Å²) in [6.45, 7) is 5.31. The number of pyridine rings is 1. The first-order chi connectivity index (χ1) is 18.3. The second-order valence-electron chi connectivity index (χ2n) is 8.88. The number of fused-ring (bicyclic) bond motifs is 1. The van der Waals surface area contributed by atoms with Crippen LogP contribution in [0.15, 0.2) is 83.8 Å². The Bertz CT molecular complexity index is 1550. The molecule has 0 radical (unpaired) electrons. The molecule has 3 aromatic carbocycles. The lowest BCUT2D eigenvalue weighted by Crippen LogP contribution is -2.46. The molecule has 0 bridgehead atoms. The second kappa shape index (κ2) is 10.6. The number of aromatic nitrogens is 1. The molecule has 2 heterocycles. The molecule has 1 saturated heterocycles. The van der Waals surface area contributed by atoms with E-state index in [0.29, 0.717) is 42.2 Å². The number of hydrogen-bond donors (Lipinski definition) is 2. The van der Waals surface area contributed by atoms with Crippen molar-refractivity contribution in [2.45, 2.75) is 11.8 Å². The highest BCUT2D eigenvalue weighted by atomic mass is 32.2. The van der Waals surface area contributed by atoms with E-state index in [4.69, 9.17) is 9.72 Å². The van der Waals surface area contributed by atoms with Gasteiger partial charge in [-0.3, -0.25) is 4.72 Å². The van der Waals surface area contributed by atoms with Crippen molar-refractivity contribution in [3.63, 3.8) is 0 Å². The number of sulfonamides is 1. The molecule has 5 rings (SSSR count). The number of carboxylic acids is 1. The Labute approximate surface area is 221 Å². The van der Waals surface area contributed by atoms with Crippen LogP contribution in [0.1, 0.15) is 17.3 Å². The Hall–Kier alpha value is -4.31. The van der Waals surface area contributed by atoms with Crippen LogP contribution in [-0.4, -0.2) is 57.3 Å². The molecule has 2 N–H and O–H groups in total. The van der Waals surface area contributed by atoms with Crippen LogP contribution < -0.4 is 19.3 Å². The van der Waals surface area contributed by atoms with Crippen molar-refractivity contribution in [1.29, 1.82) is 0 Å². The molecule has 1 fully saturated rings. The number of hydrogen-bond acceptors (Lipinski definition) is 7. The van der Waals surface area contributed by atoms with Crippen molar-refractivity contribution in [2.75, 3.05) is 47.3 Å². The molecule has 1 aromatic heterocycles. The minimum Gasteiger partial charge on any atom is -0.494 e. The van der Waals surface area contributed by atoms with Gasteiger partial charge in [-0.2, -0.15) is 0 Å². The summed E-state index contributed by atoms with van der Waals surface area (Å²) in [7, 11) is -3.89. The summed E-state index contributed by atoms with van der Waals surface area (Å²) < 4.78 is 33.7. The number of carboxylic acid groups (broad SMARTS) is 1. The van der Waals surface area contributed by atoms with Gasteiger partial charge in [0.1, 0.15) is 11.6 Å². The quantitative estimate of drug-likeness (QED) is 0.342. The van der Waals surface area contributed by atoms with Crippen LogP contribution in [0.4, 0.5) is 17.2 Å². The Balaban J connectivity index is 1.38. The molecule has 1 aliphatic heterocycles. The second-order valence-corrected chi connectivity index (χ2v) is 10.6. The van der Waals surface area contributed by atoms with E-state index in [9.17, 15) is 18.3 Å². The summed E-state index contributed by atoms with van der Waals surface area (Å²) in [5.74, 6) is 0.0602. The Morgan fingerprint density at radius 3 is 2.29 bits per heavy atom. The minimum atomic E-state index is -3.89. The summed E-state index contributed by atoms with van der Waals surface area (Å²) in [5, 5.41) is 10.3. The molecular weight excluding hydrogens is 504 g/mol. The highest BCUT2D eigenvalue weighted by Gasteiger charge is 2.22. The number of para-hydroxylation sites is 1. The van der Waals surface area contributed by atoms with Gasteiger partial charge in [0.15, 0.2) is 0 Å². The zero-order chi connectivity index (χ0) is 26.7. The van der Waals surface area contributed by atoms with Gasteiger partial charge in [0.25, 0.3) is 10.0 Å². The van der Waals surface area contributed by atoms with Crippen LogP contribution in [0.3, 0.4) is 0 Å². The molecule has 10 heteroatoms. The van der Waals surface area contributed by atoms with Gasteiger partial charge in [-0.25, -0.2) is 18.2 Å². The molecule has 0 atom stereocenters. The summed E-state index contributed by atoms with van der Waals surface area (Å²) in [6, 6.07) is 22.6. The van der Waals surface area contributed by atoms with Crippen LogP contribution in [0.25, 0.3) is 10.9 Å². The molecular formula is C28H28N4O5S. The average molecular weight is 533 g/mol. The van der Waals surface area contributed by atoms with Gasteiger partial charge in [-0.1, -0.05) is 18.2 Å². The van der Waals surface area contributed by atoms with E-state index >= 15 is 0 Å². The molecule has 9 nitrogen and oxygen atoms in total. The maximum Gasteiger partial charge on any atom is 0.336 e. The van der Waals surface area contributed by atoms with E-state index in [1.54, 1.807) is 30.3 Å². The molecule has 0 saturated carbocycles. The fraction of sp³-hybridized carbons (Fsp3) is 0.214. The van der Waals surface area contributed by atoms with E-state index in [1.165, 1.54) is 18.2 Å². The molecule has 4 aromatic rings. The van der Waals surface area contributed by atoms with E-state index in [1.807, 2.05) is 25.1 Å². The van der Waals surface area contributed by atoms with Gasteiger partial charge in [0.05, 0.1) is 22.6 Å². The van der Waals surface area contributed by atoms with Crippen LogP contribution in [0, 0.1) is 0 Å². The standard InChI is InChI=1S/C28H28N4O5S/c1-2-37-22-9-11-23(12-10-22)38(35,36)30-20-8-13-26-24(18-20)25(28(33)34)19-27(29-26)32-16-14-31(15-17-32)21-6-4-3-5-7-21/h3-13,18-19,30H,2,14-17H2,1H3,(H,33,34). The Kier molecular flexibility index (Phi) is 7.06. The van der Waals surface area contributed by atoms with Crippen LogP contribution in [0.2, 0.25) is 0 Å². The van der Waals surface area contributed by atoms with Gasteiger partial charge in [-0.05, 0) is 67.6 Å². The predicted octanol–water partition coefficient (Wildman–Crippen LogP) is 4.46. The molecule has 0 amide bonds. The largest absolute Gasteiger partial charge is 0.494 e. The minimum absolute atomic E-state index is 0.0672. The van der Waals surface area contributed by atoms with Gasteiger partial charge in [0.2, 0.25) is 0 Å². The number of nitrogens with one attached hydrogen (secondary N) is 1. The number of anilines is 3. The van der Waals surface area contributed by atoms with Crippen LogP contribution in [-0.2, 0) is 10.0 Å². The lowest BCUT2D eigenvalue weighted by atomic mass is 10.1. The number of benzene rings is 3. The van der Waals surface area contributed by atoms with Gasteiger partial charge in [0, 0.05) is 42.9 Å². The fourth-order valence-corrected chi connectivity index (χ4v) is 5.59. The Morgan fingerprint density at radius 2 is 1.63 bits per heavy atom. The zero-order valence-electron chi connectivity index (χ0n) is 20.9. The lowest BCUT2D eigenvalue weighted by molar-refractivity contribution is 0.0699. The molecule has 0 spiro atoms. The lowest BCUT2D eigenvalue weighted by Gasteiger charge is -2.37. The molecule has 38 heavy (non-hydrogen) atoms. The van der Waals surface area contributed by atoms with Crippen molar-refractivity contribution < 1.29 is 23.1 Å². The third-order valence-corrected chi connectivity index (χ3v) is 7.85. The third kappa shape index (κ3) is 5.35. The highest BCUT2D eigenvalue weighted by molar-refractivity contribution is 7.92. The number of carbonyl (C=O) groups is 1. The first-order valence-corrected chi connectivity index (χ1v) is 13.8. The SMILES string of the molecule is CCOc1ccc(S(=O)(=O)Nc2ccc3nc(N4CCN(c5ccccc5)CC4)cc(C(=O)O)c3c2)cc1. The first kappa shape index (κ1) is 25.3. The maximum absolute atomic E-state index is 12.9. The highest BCUT2D eigenvalue weighted by Crippen LogP contribution is 2.28. The fourth-order valence-electron chi connectivity index (χ4n) is 4.54. The maximum atomic E-state index is 12.9. The molecule has 1 aliphatic rings. The monoisotopic (exact) mass is 532 g/mol. The summed E-state index contributed by atoms with van der Waals surface area (Å²) in [4.78, 5) is 21.3. The van der Waals surface area contributed by atoms with E-state index in [0.717, 1.165) is 18.8 Å². The summed E-state index contributed by atoms with van der Waals surface area (Å²) >= 11 is 0. The molecule has 0 unspecified atom stereocenters. The topological polar surface area (TPSA) is 112 Å². The number of piperazine rings is 1. The van der Waals surface area contributed by atoms with Crippen LogP contribution >= 0.6 is 0 Å². The summed E-state index contributed by atoms with van der Waals surface area (Å²) in [5.41, 5.74) is 1.96. The van der Waals surface area contributed by atoms with Gasteiger partial charge < -0.3 is 19.6 Å². The van der Waals surface area contributed by atoms with Crippen LogP contribution in [0.5, 0.6) is 5.75 Å². The van der Waals surface area contributed by atoms with Crippen molar-refractivity contribution in [2.24, 2.45) is 0 Å². The van der Waals surface area contributed by atoms with Crippen molar-refractivity contribution in [3.8, 4) is 5.75 Å². The van der Waals surface area contributed by atoms with Gasteiger partial charge >= 0.3 is 5.97 Å². The summed E-state index contributed by atoms with van der Waals surface area (Å²) in [6.07, 6.45) is 0. The van der Waals surface area contributed by atoms with Crippen molar-refractivity contribution >= 4 is 44.1 Å². The third-order valence-electron chi connectivity index (χ3n) is 6.45. The number of aromatic carboxylic acids is 1. The first-order valence-electron chi connectivity index (χ1n) is 12.3. The van der Waals surface area contributed by atoms with Crippen molar-refractivity contribution in [1.82, 2.24) is 4.98 Å². The normalized spacial score (nSPS) is 13.9. The Morgan fingerprint density at radius 1 is 0.947 bits per heavy atom. The molecule has 0 aliphatic carbocycles. The van der Waals surface area contributed by atoms with E-state index in [2.05, 4.69) is 26.7 Å². The van der Waals surface area contributed by atoms with E-state index in [-0.39, 0.29) is 16.1 Å². The number of nitrogens with zero attached hydrogens (tertiary/aromatic N) is 3. The van der Waals surface area contributed by atoms with E-state index < -0.39 is 16.0 Å². The number of ether oxygens (including phenoxy) is 1. The smallest absolute Gasteiger partial charge is 0.336 e.